The Kier molecular flexibility index (Phi) is 5.78. The van der Waals surface area contributed by atoms with Crippen LogP contribution in [0.25, 0.3) is 0 Å². The predicted octanol–water partition coefficient (Wildman–Crippen LogP) is 1.54. The SMILES string of the molecule is COc1ccc(CCC(=O)N2CCNCC2c2nccn2C)cc1OC. The lowest BCUT2D eigenvalue weighted by Gasteiger charge is -2.35. The smallest absolute Gasteiger partial charge is 0.223 e. The highest BCUT2D eigenvalue weighted by atomic mass is 16.5. The number of imidazole rings is 1. The first-order chi connectivity index (χ1) is 12.6. The zero-order chi connectivity index (χ0) is 18.5. The van der Waals surface area contributed by atoms with Crippen LogP contribution in [0.5, 0.6) is 11.5 Å². The van der Waals surface area contributed by atoms with Crippen molar-refractivity contribution in [1.29, 1.82) is 0 Å². The molecule has 1 saturated heterocycles. The van der Waals surface area contributed by atoms with E-state index in [9.17, 15) is 4.79 Å². The lowest BCUT2D eigenvalue weighted by atomic mass is 10.1. The molecule has 2 aromatic rings. The topological polar surface area (TPSA) is 68.6 Å². The van der Waals surface area contributed by atoms with Crippen LogP contribution in [0.4, 0.5) is 0 Å². The molecule has 3 rings (SSSR count). The van der Waals surface area contributed by atoms with Crippen molar-refractivity contribution < 1.29 is 14.3 Å². The van der Waals surface area contributed by atoms with E-state index in [1.54, 1.807) is 20.4 Å². The number of aryl methyl sites for hydroxylation is 2. The number of amides is 1. The number of carbonyl (C=O) groups is 1. The van der Waals surface area contributed by atoms with Crippen LogP contribution in [0.15, 0.2) is 30.6 Å². The van der Waals surface area contributed by atoms with Gasteiger partial charge in [0, 0.05) is 45.5 Å². The Hall–Kier alpha value is -2.54. The number of hydrogen-bond acceptors (Lipinski definition) is 5. The molecule has 2 heterocycles. The average molecular weight is 358 g/mol. The number of nitrogens with one attached hydrogen (secondary N) is 1. The van der Waals surface area contributed by atoms with E-state index in [1.165, 1.54) is 0 Å². The first-order valence-corrected chi connectivity index (χ1v) is 8.82. The monoisotopic (exact) mass is 358 g/mol. The van der Waals surface area contributed by atoms with Gasteiger partial charge in [-0.3, -0.25) is 4.79 Å². The van der Waals surface area contributed by atoms with E-state index >= 15 is 0 Å². The van der Waals surface area contributed by atoms with Gasteiger partial charge in [0.2, 0.25) is 5.91 Å². The number of rotatable bonds is 6. The Bertz CT molecular complexity index is 759. The van der Waals surface area contributed by atoms with E-state index in [-0.39, 0.29) is 11.9 Å². The summed E-state index contributed by atoms with van der Waals surface area (Å²) in [4.78, 5) is 19.2. The fourth-order valence-corrected chi connectivity index (χ4v) is 3.36. The van der Waals surface area contributed by atoms with Crippen molar-refractivity contribution in [2.24, 2.45) is 7.05 Å². The molecule has 0 bridgehead atoms. The summed E-state index contributed by atoms with van der Waals surface area (Å²) in [6, 6.07) is 5.75. The van der Waals surface area contributed by atoms with Gasteiger partial charge >= 0.3 is 0 Å². The Labute approximate surface area is 153 Å². The molecule has 1 aliphatic heterocycles. The molecule has 1 N–H and O–H groups in total. The molecule has 7 heteroatoms. The van der Waals surface area contributed by atoms with E-state index in [2.05, 4.69) is 10.3 Å². The van der Waals surface area contributed by atoms with Gasteiger partial charge in [-0.25, -0.2) is 4.98 Å². The van der Waals surface area contributed by atoms with Crippen LogP contribution >= 0.6 is 0 Å². The third kappa shape index (κ3) is 3.83. The van der Waals surface area contributed by atoms with Crippen molar-refractivity contribution in [1.82, 2.24) is 19.8 Å². The number of methoxy groups -OCH3 is 2. The number of ether oxygens (including phenoxy) is 2. The number of benzene rings is 1. The minimum absolute atomic E-state index is 0.0262. The summed E-state index contributed by atoms with van der Waals surface area (Å²) < 4.78 is 12.6. The molecule has 1 aromatic carbocycles. The van der Waals surface area contributed by atoms with Gasteiger partial charge in [0.25, 0.3) is 0 Å². The van der Waals surface area contributed by atoms with E-state index in [1.807, 2.05) is 40.9 Å². The number of piperazine rings is 1. The Balaban J connectivity index is 1.68. The van der Waals surface area contributed by atoms with Gasteiger partial charge in [-0.2, -0.15) is 0 Å². The van der Waals surface area contributed by atoms with Crippen molar-refractivity contribution >= 4 is 5.91 Å². The maximum atomic E-state index is 12.9. The molecule has 26 heavy (non-hydrogen) atoms. The minimum atomic E-state index is -0.0262. The highest BCUT2D eigenvalue weighted by Gasteiger charge is 2.30. The molecule has 0 saturated carbocycles. The zero-order valence-corrected chi connectivity index (χ0v) is 15.6. The van der Waals surface area contributed by atoms with Crippen LogP contribution < -0.4 is 14.8 Å². The summed E-state index contributed by atoms with van der Waals surface area (Å²) in [6.45, 7) is 2.23. The summed E-state index contributed by atoms with van der Waals surface area (Å²) in [6.07, 6.45) is 4.80. The van der Waals surface area contributed by atoms with Gasteiger partial charge < -0.3 is 24.3 Å². The maximum Gasteiger partial charge on any atom is 0.223 e. The van der Waals surface area contributed by atoms with Gasteiger partial charge in [-0.15, -0.1) is 0 Å². The average Bonchev–Trinajstić information content (AvgIpc) is 3.11. The summed E-state index contributed by atoms with van der Waals surface area (Å²) in [5.74, 6) is 2.44. The first kappa shape index (κ1) is 18.3. The van der Waals surface area contributed by atoms with Crippen LogP contribution in [0.2, 0.25) is 0 Å². The van der Waals surface area contributed by atoms with Crippen LogP contribution in [0.3, 0.4) is 0 Å². The van der Waals surface area contributed by atoms with Crippen molar-refractivity contribution in [2.75, 3.05) is 33.9 Å². The Morgan fingerprint density at radius 3 is 2.81 bits per heavy atom. The molecule has 1 unspecified atom stereocenters. The molecular weight excluding hydrogens is 332 g/mol. The highest BCUT2D eigenvalue weighted by molar-refractivity contribution is 5.77. The van der Waals surface area contributed by atoms with Crippen molar-refractivity contribution in [2.45, 2.75) is 18.9 Å². The predicted molar refractivity (Wildman–Crippen MR) is 98.4 cm³/mol. The summed E-state index contributed by atoms with van der Waals surface area (Å²) in [5.41, 5.74) is 1.06. The minimum Gasteiger partial charge on any atom is -0.493 e. The van der Waals surface area contributed by atoms with Gasteiger partial charge in [-0.1, -0.05) is 6.07 Å². The van der Waals surface area contributed by atoms with Crippen molar-refractivity contribution in [3.05, 3.63) is 42.0 Å². The van der Waals surface area contributed by atoms with E-state index in [4.69, 9.17) is 9.47 Å². The van der Waals surface area contributed by atoms with Crippen LogP contribution in [-0.4, -0.2) is 54.2 Å². The molecule has 0 spiro atoms. The number of aromatic nitrogens is 2. The fourth-order valence-electron chi connectivity index (χ4n) is 3.36. The first-order valence-electron chi connectivity index (χ1n) is 8.82. The largest absolute Gasteiger partial charge is 0.493 e. The van der Waals surface area contributed by atoms with Crippen molar-refractivity contribution in [3.8, 4) is 11.5 Å². The third-order valence-corrected chi connectivity index (χ3v) is 4.80. The maximum absolute atomic E-state index is 12.9. The lowest BCUT2D eigenvalue weighted by molar-refractivity contribution is -0.134. The second-order valence-electron chi connectivity index (χ2n) is 6.39. The van der Waals surface area contributed by atoms with E-state index < -0.39 is 0 Å². The summed E-state index contributed by atoms with van der Waals surface area (Å²) in [7, 11) is 5.19. The van der Waals surface area contributed by atoms with Gasteiger partial charge in [0.15, 0.2) is 11.5 Å². The molecule has 0 radical (unpaired) electrons. The molecule has 0 aliphatic carbocycles. The normalized spacial score (nSPS) is 17.2. The molecule has 1 amide bonds. The van der Waals surface area contributed by atoms with Crippen LogP contribution in [0, 0.1) is 0 Å². The van der Waals surface area contributed by atoms with Gasteiger partial charge in [0.1, 0.15) is 11.9 Å². The standard InChI is InChI=1S/C19H26N4O3/c1-22-10-9-21-19(22)15-13-20-8-11-23(15)18(24)7-5-14-4-6-16(25-2)17(12-14)26-3/h4,6,9-10,12,15,20H,5,7-8,11,13H2,1-3H3. The molecule has 7 nitrogen and oxygen atoms in total. The molecule has 1 aromatic heterocycles. The number of carbonyl (C=O) groups excluding carboxylic acids is 1. The van der Waals surface area contributed by atoms with Crippen molar-refractivity contribution in [3.63, 3.8) is 0 Å². The molecular formula is C19H26N4O3. The zero-order valence-electron chi connectivity index (χ0n) is 15.6. The van der Waals surface area contributed by atoms with Crippen LogP contribution in [0.1, 0.15) is 23.9 Å². The van der Waals surface area contributed by atoms with Gasteiger partial charge in [0.05, 0.1) is 14.2 Å². The lowest BCUT2D eigenvalue weighted by Crippen LogP contribution is -2.49. The Morgan fingerprint density at radius 2 is 2.12 bits per heavy atom. The van der Waals surface area contributed by atoms with Crippen LogP contribution in [-0.2, 0) is 18.3 Å². The van der Waals surface area contributed by atoms with E-state index in [0.717, 1.165) is 24.5 Å². The summed E-state index contributed by atoms with van der Waals surface area (Å²) in [5, 5.41) is 3.36. The highest BCUT2D eigenvalue weighted by Crippen LogP contribution is 2.28. The quantitative estimate of drug-likeness (QED) is 0.848. The number of nitrogens with zero attached hydrogens (tertiary/aromatic N) is 3. The Morgan fingerprint density at radius 1 is 1.31 bits per heavy atom. The second-order valence-corrected chi connectivity index (χ2v) is 6.39. The van der Waals surface area contributed by atoms with Gasteiger partial charge in [-0.05, 0) is 24.1 Å². The fraction of sp³-hybridized carbons (Fsp3) is 0.474. The molecule has 1 aliphatic rings. The number of hydrogen-bond donors (Lipinski definition) is 1. The molecule has 1 fully saturated rings. The molecule has 1 atom stereocenters. The molecule has 140 valence electrons. The summed E-state index contributed by atoms with van der Waals surface area (Å²) >= 11 is 0. The second kappa shape index (κ2) is 8.23. The van der Waals surface area contributed by atoms with E-state index in [0.29, 0.717) is 30.9 Å². The third-order valence-electron chi connectivity index (χ3n) is 4.80.